The molecule has 106 valence electrons. The van der Waals surface area contributed by atoms with Crippen molar-refractivity contribution in [3.63, 3.8) is 0 Å². The van der Waals surface area contributed by atoms with E-state index >= 15 is 0 Å². The number of benzene rings is 2. The minimum absolute atomic E-state index is 0.169. The van der Waals surface area contributed by atoms with Gasteiger partial charge in [0.05, 0.1) is 18.2 Å². The van der Waals surface area contributed by atoms with Crippen LogP contribution in [0.5, 0.6) is 0 Å². The van der Waals surface area contributed by atoms with E-state index in [0.29, 0.717) is 11.3 Å². The van der Waals surface area contributed by atoms with E-state index in [4.69, 9.17) is 0 Å². The number of para-hydroxylation sites is 1. The van der Waals surface area contributed by atoms with E-state index in [1.54, 1.807) is 24.3 Å². The number of imide groups is 1. The average Bonchev–Trinajstić information content (AvgIpc) is 2.83. The maximum absolute atomic E-state index is 12.6. The Bertz CT molecular complexity index is 681. The Morgan fingerprint density at radius 3 is 2.38 bits per heavy atom. The van der Waals surface area contributed by atoms with Crippen LogP contribution in [-0.4, -0.2) is 16.9 Å². The Balaban J connectivity index is 1.98. The van der Waals surface area contributed by atoms with E-state index in [0.717, 1.165) is 5.56 Å². The van der Waals surface area contributed by atoms with Gasteiger partial charge in [-0.2, -0.15) is 0 Å². The number of rotatable bonds is 3. The molecule has 0 aliphatic carbocycles. The van der Waals surface area contributed by atoms with Gasteiger partial charge in [0, 0.05) is 12.0 Å². The molecule has 1 fully saturated rings. The van der Waals surface area contributed by atoms with Crippen LogP contribution >= 0.6 is 0 Å². The van der Waals surface area contributed by atoms with E-state index in [-0.39, 0.29) is 24.8 Å². The summed E-state index contributed by atoms with van der Waals surface area (Å²) in [5, 5.41) is 9.38. The first-order chi connectivity index (χ1) is 10.2. The van der Waals surface area contributed by atoms with Crippen molar-refractivity contribution < 1.29 is 14.7 Å². The molecule has 0 aromatic heterocycles. The first kappa shape index (κ1) is 13.5. The summed E-state index contributed by atoms with van der Waals surface area (Å²) in [6.45, 7) is -0.205. The van der Waals surface area contributed by atoms with Gasteiger partial charge in [-0.3, -0.25) is 9.59 Å². The monoisotopic (exact) mass is 281 g/mol. The van der Waals surface area contributed by atoms with Crippen LogP contribution < -0.4 is 4.90 Å². The highest BCUT2D eigenvalue weighted by Gasteiger charge is 2.40. The highest BCUT2D eigenvalue weighted by Crippen LogP contribution is 2.34. The summed E-state index contributed by atoms with van der Waals surface area (Å²) < 4.78 is 0. The zero-order chi connectivity index (χ0) is 14.8. The van der Waals surface area contributed by atoms with Crippen LogP contribution in [-0.2, 0) is 16.2 Å². The van der Waals surface area contributed by atoms with E-state index < -0.39 is 5.92 Å². The summed E-state index contributed by atoms with van der Waals surface area (Å²) in [5.41, 5.74) is 1.90. The van der Waals surface area contributed by atoms with Crippen molar-refractivity contribution in [2.24, 2.45) is 0 Å². The van der Waals surface area contributed by atoms with Crippen molar-refractivity contribution in [2.45, 2.75) is 18.9 Å². The standard InChI is InChI=1S/C17H15NO3/c19-11-13-8-4-5-9-15(13)18-16(20)10-14(17(18)21)12-6-2-1-3-7-12/h1-9,14,19H,10-11H2. The molecule has 1 N–H and O–H groups in total. The summed E-state index contributed by atoms with van der Waals surface area (Å²) in [5.74, 6) is -0.896. The lowest BCUT2D eigenvalue weighted by Crippen LogP contribution is -2.31. The van der Waals surface area contributed by atoms with Crippen LogP contribution in [0.15, 0.2) is 54.6 Å². The molecule has 0 radical (unpaired) electrons. The molecule has 1 saturated heterocycles. The summed E-state index contributed by atoms with van der Waals surface area (Å²) >= 11 is 0. The van der Waals surface area contributed by atoms with Gasteiger partial charge in [0.25, 0.3) is 0 Å². The molecular formula is C17H15NO3. The lowest BCUT2D eigenvalue weighted by molar-refractivity contribution is -0.121. The van der Waals surface area contributed by atoms with E-state index in [1.807, 2.05) is 30.3 Å². The summed E-state index contributed by atoms with van der Waals surface area (Å²) in [4.78, 5) is 26.1. The first-order valence-corrected chi connectivity index (χ1v) is 6.83. The molecule has 2 amide bonds. The number of hydrogen-bond acceptors (Lipinski definition) is 3. The number of anilines is 1. The van der Waals surface area contributed by atoms with Crippen molar-refractivity contribution >= 4 is 17.5 Å². The quantitative estimate of drug-likeness (QED) is 0.878. The largest absolute Gasteiger partial charge is 0.392 e. The fraction of sp³-hybridized carbons (Fsp3) is 0.176. The number of carbonyl (C=O) groups is 2. The first-order valence-electron chi connectivity index (χ1n) is 6.83. The van der Waals surface area contributed by atoms with Crippen LogP contribution in [0.1, 0.15) is 23.5 Å². The maximum Gasteiger partial charge on any atom is 0.241 e. The Morgan fingerprint density at radius 1 is 1.00 bits per heavy atom. The average molecular weight is 281 g/mol. The molecule has 1 aliphatic heterocycles. The SMILES string of the molecule is O=C1CC(c2ccccc2)C(=O)N1c1ccccc1CO. The Kier molecular flexibility index (Phi) is 3.54. The number of amides is 2. The van der Waals surface area contributed by atoms with Gasteiger partial charge in [-0.1, -0.05) is 48.5 Å². The number of nitrogens with zero attached hydrogens (tertiary/aromatic N) is 1. The van der Waals surface area contributed by atoms with Gasteiger partial charge >= 0.3 is 0 Å². The van der Waals surface area contributed by atoms with Gasteiger partial charge < -0.3 is 5.11 Å². The predicted molar refractivity (Wildman–Crippen MR) is 78.7 cm³/mol. The third-order valence-corrected chi connectivity index (χ3v) is 3.75. The van der Waals surface area contributed by atoms with Crippen molar-refractivity contribution in [1.29, 1.82) is 0 Å². The summed E-state index contributed by atoms with van der Waals surface area (Å²) in [7, 11) is 0. The molecule has 1 aliphatic rings. The Morgan fingerprint density at radius 2 is 1.67 bits per heavy atom. The summed E-state index contributed by atoms with van der Waals surface area (Å²) in [6, 6.07) is 16.2. The number of aliphatic hydroxyl groups excluding tert-OH is 1. The third-order valence-electron chi connectivity index (χ3n) is 3.75. The second-order valence-corrected chi connectivity index (χ2v) is 5.02. The van der Waals surface area contributed by atoms with Crippen LogP contribution in [0, 0.1) is 0 Å². The zero-order valence-electron chi connectivity index (χ0n) is 11.4. The van der Waals surface area contributed by atoms with Crippen molar-refractivity contribution in [1.82, 2.24) is 0 Å². The van der Waals surface area contributed by atoms with Gasteiger partial charge in [-0.15, -0.1) is 0 Å². The van der Waals surface area contributed by atoms with Crippen LogP contribution in [0.2, 0.25) is 0 Å². The van der Waals surface area contributed by atoms with Gasteiger partial charge in [0.2, 0.25) is 11.8 Å². The fourth-order valence-electron chi connectivity index (χ4n) is 2.69. The fourth-order valence-corrected chi connectivity index (χ4v) is 2.69. The second-order valence-electron chi connectivity index (χ2n) is 5.02. The van der Waals surface area contributed by atoms with Crippen molar-refractivity contribution in [3.8, 4) is 0 Å². The lowest BCUT2D eigenvalue weighted by atomic mass is 9.98. The van der Waals surface area contributed by atoms with Gasteiger partial charge in [-0.25, -0.2) is 4.90 Å². The highest BCUT2D eigenvalue weighted by molar-refractivity contribution is 6.23. The second kappa shape index (κ2) is 5.50. The van der Waals surface area contributed by atoms with Crippen LogP contribution in [0.4, 0.5) is 5.69 Å². The minimum Gasteiger partial charge on any atom is -0.392 e. The molecule has 0 spiro atoms. The smallest absolute Gasteiger partial charge is 0.241 e. The van der Waals surface area contributed by atoms with Gasteiger partial charge in [0.1, 0.15) is 0 Å². The molecule has 3 rings (SSSR count). The summed E-state index contributed by atoms with van der Waals surface area (Å²) in [6.07, 6.45) is 0.169. The molecular weight excluding hydrogens is 266 g/mol. The lowest BCUT2D eigenvalue weighted by Gasteiger charge is -2.18. The topological polar surface area (TPSA) is 57.6 Å². The molecule has 2 aromatic carbocycles. The molecule has 0 saturated carbocycles. The molecule has 1 atom stereocenters. The van der Waals surface area contributed by atoms with Crippen LogP contribution in [0.3, 0.4) is 0 Å². The molecule has 2 aromatic rings. The normalized spacial score (nSPS) is 18.3. The molecule has 1 heterocycles. The number of carbonyl (C=O) groups excluding carboxylic acids is 2. The third kappa shape index (κ3) is 2.34. The van der Waals surface area contributed by atoms with Crippen molar-refractivity contribution in [3.05, 3.63) is 65.7 Å². The molecule has 1 unspecified atom stereocenters. The van der Waals surface area contributed by atoms with E-state index in [1.165, 1.54) is 4.90 Å². The molecule has 21 heavy (non-hydrogen) atoms. The van der Waals surface area contributed by atoms with Crippen LogP contribution in [0.25, 0.3) is 0 Å². The maximum atomic E-state index is 12.6. The number of hydrogen-bond donors (Lipinski definition) is 1. The zero-order valence-corrected chi connectivity index (χ0v) is 11.4. The van der Waals surface area contributed by atoms with Gasteiger partial charge in [0.15, 0.2) is 0 Å². The molecule has 4 heteroatoms. The van der Waals surface area contributed by atoms with E-state index in [2.05, 4.69) is 0 Å². The predicted octanol–water partition coefficient (Wildman–Crippen LogP) is 2.23. The minimum atomic E-state index is -0.439. The van der Waals surface area contributed by atoms with Crippen molar-refractivity contribution in [2.75, 3.05) is 4.90 Å². The van der Waals surface area contributed by atoms with Gasteiger partial charge in [-0.05, 0) is 11.6 Å². The van der Waals surface area contributed by atoms with E-state index in [9.17, 15) is 14.7 Å². The Labute approximate surface area is 122 Å². The molecule has 4 nitrogen and oxygen atoms in total. The molecule has 0 bridgehead atoms. The Hall–Kier alpha value is -2.46. The highest BCUT2D eigenvalue weighted by atomic mass is 16.3. The number of aliphatic hydroxyl groups is 1.